The number of rotatable bonds is 15. The van der Waals surface area contributed by atoms with E-state index in [0.717, 1.165) is 84.7 Å². The van der Waals surface area contributed by atoms with Crippen molar-refractivity contribution in [2.75, 3.05) is 48.4 Å². The van der Waals surface area contributed by atoms with Gasteiger partial charge < -0.3 is 30.7 Å². The molecule has 0 atom stereocenters. The summed E-state index contributed by atoms with van der Waals surface area (Å²) in [4.78, 5) is 41.4. The van der Waals surface area contributed by atoms with Gasteiger partial charge in [-0.2, -0.15) is 0 Å². The van der Waals surface area contributed by atoms with Gasteiger partial charge in [-0.05, 0) is 135 Å². The van der Waals surface area contributed by atoms with Crippen LogP contribution in [0.25, 0.3) is 6.08 Å². The van der Waals surface area contributed by atoms with E-state index < -0.39 is 6.09 Å². The predicted octanol–water partition coefficient (Wildman–Crippen LogP) is 7.64. The number of ether oxygens (including phenoxy) is 1. The van der Waals surface area contributed by atoms with Gasteiger partial charge in [-0.25, -0.2) is 15.6 Å². The topological polar surface area (TPSA) is 161 Å². The average Bonchev–Trinajstić information content (AvgIpc) is 3.27. The summed E-state index contributed by atoms with van der Waals surface area (Å²) in [5.74, 6) is 5.91. The smallest absolute Gasteiger partial charge is 0.411 e. The van der Waals surface area contributed by atoms with Crippen molar-refractivity contribution in [3.05, 3.63) is 148 Å². The minimum absolute atomic E-state index is 0.191. The zero-order valence-corrected chi connectivity index (χ0v) is 34.1. The number of hydrogen-bond acceptors (Lipinski definition) is 9. The number of allylic oxidation sites excluding steroid dienone is 8. The molecule has 7 N–H and O–H groups in total. The molecule has 0 aromatic heterocycles. The lowest BCUT2D eigenvalue weighted by atomic mass is 9.90. The van der Waals surface area contributed by atoms with Crippen LogP contribution in [0, 0.1) is 0 Å². The molecular formula is C48H55N7O5. The Kier molecular flexibility index (Phi) is 14.1. The van der Waals surface area contributed by atoms with Crippen molar-refractivity contribution >= 4 is 41.0 Å². The highest BCUT2D eigenvalue weighted by Gasteiger charge is 2.25. The fourth-order valence-corrected chi connectivity index (χ4v) is 7.94. The van der Waals surface area contributed by atoms with Crippen molar-refractivity contribution in [1.82, 2.24) is 15.5 Å². The Bertz CT molecular complexity index is 2230. The minimum Gasteiger partial charge on any atom is -0.506 e. The van der Waals surface area contributed by atoms with Gasteiger partial charge in [0, 0.05) is 54.3 Å². The van der Waals surface area contributed by atoms with E-state index in [0.29, 0.717) is 55.1 Å². The number of hydrazine groups is 1. The van der Waals surface area contributed by atoms with Gasteiger partial charge >= 0.3 is 6.09 Å². The summed E-state index contributed by atoms with van der Waals surface area (Å²) in [6.07, 6.45) is 20.8. The number of benzene rings is 3. The second kappa shape index (κ2) is 20.2. The first-order valence-electron chi connectivity index (χ1n) is 20.9. The number of phenolic OH excluding ortho intramolecular Hbond substituents is 1. The molecule has 60 heavy (non-hydrogen) atoms. The van der Waals surface area contributed by atoms with E-state index in [9.17, 15) is 19.5 Å². The van der Waals surface area contributed by atoms with E-state index in [1.165, 1.54) is 11.1 Å². The van der Waals surface area contributed by atoms with Crippen LogP contribution < -0.4 is 32.1 Å². The first-order chi connectivity index (χ1) is 29.2. The van der Waals surface area contributed by atoms with Crippen LogP contribution in [0.5, 0.6) is 5.75 Å². The molecule has 3 amide bonds. The second-order valence-electron chi connectivity index (χ2n) is 15.5. The molecule has 12 heteroatoms. The number of piperidine rings is 1. The van der Waals surface area contributed by atoms with Crippen molar-refractivity contribution in [3.8, 4) is 5.75 Å². The molecule has 4 aliphatic rings. The third kappa shape index (κ3) is 11.1. The Balaban J connectivity index is 0.803. The molecule has 0 radical (unpaired) electrons. The third-order valence-corrected chi connectivity index (χ3v) is 11.3. The number of anilines is 3. The molecule has 7 rings (SSSR count). The van der Waals surface area contributed by atoms with Crippen LogP contribution in [0.2, 0.25) is 0 Å². The van der Waals surface area contributed by atoms with Gasteiger partial charge in [0.2, 0.25) is 5.91 Å². The van der Waals surface area contributed by atoms with Crippen LogP contribution in [0.15, 0.2) is 126 Å². The van der Waals surface area contributed by atoms with E-state index >= 15 is 0 Å². The van der Waals surface area contributed by atoms with Gasteiger partial charge in [-0.3, -0.25) is 14.9 Å². The maximum absolute atomic E-state index is 13.2. The van der Waals surface area contributed by atoms with Crippen molar-refractivity contribution in [2.24, 2.45) is 5.84 Å². The summed E-state index contributed by atoms with van der Waals surface area (Å²) >= 11 is 0. The number of aromatic hydroxyl groups is 1. The number of likely N-dealkylation sites (tertiary alicyclic amines) is 1. The molecule has 2 aliphatic heterocycles. The van der Waals surface area contributed by atoms with Gasteiger partial charge in [0.15, 0.2) is 0 Å². The van der Waals surface area contributed by atoms with Crippen LogP contribution in [0.1, 0.15) is 72.0 Å². The van der Waals surface area contributed by atoms with Crippen molar-refractivity contribution in [1.29, 1.82) is 0 Å². The number of amides is 3. The number of fused-ring (bicyclic) bond motifs is 1. The van der Waals surface area contributed by atoms with Gasteiger partial charge in [-0.1, -0.05) is 61.2 Å². The van der Waals surface area contributed by atoms with Gasteiger partial charge in [0.05, 0.1) is 11.4 Å². The molecule has 0 saturated carbocycles. The summed E-state index contributed by atoms with van der Waals surface area (Å²) in [5, 5.41) is 23.9. The second-order valence-corrected chi connectivity index (χ2v) is 15.5. The monoisotopic (exact) mass is 809 g/mol. The highest BCUT2D eigenvalue weighted by Crippen LogP contribution is 2.35. The van der Waals surface area contributed by atoms with Crippen molar-refractivity contribution < 1.29 is 24.2 Å². The fraction of sp³-hybridized carbons (Fsp3) is 0.312. The predicted molar refractivity (Wildman–Crippen MR) is 238 cm³/mol. The molecule has 0 spiro atoms. The van der Waals surface area contributed by atoms with Crippen LogP contribution in [-0.2, 0) is 22.4 Å². The Hall–Kier alpha value is -6.21. The van der Waals surface area contributed by atoms with Crippen molar-refractivity contribution in [2.45, 2.75) is 63.9 Å². The number of nitrogens with two attached hydrogens (primary N) is 1. The lowest BCUT2D eigenvalue weighted by Crippen LogP contribution is -2.43. The molecule has 0 bridgehead atoms. The zero-order valence-electron chi connectivity index (χ0n) is 34.1. The molecular weight excluding hydrogens is 755 g/mol. The van der Waals surface area contributed by atoms with E-state index in [-0.39, 0.29) is 30.1 Å². The SMILES string of the molecule is C=C1C=Cc2c(CCNCCc3ccc(NC(=O)c4cccc(N(N)C(=O)CCN5CCC(OC(=O)NC6=C(C7=CC=CCC7)CCC=C6)CC5)c4)cc3)ccc(O)c2N1. The minimum atomic E-state index is -0.427. The highest BCUT2D eigenvalue weighted by molar-refractivity contribution is 6.05. The first kappa shape index (κ1) is 41.9. The maximum Gasteiger partial charge on any atom is 0.411 e. The molecule has 0 unspecified atom stereocenters. The number of carbonyl (C=O) groups is 3. The number of hydrogen-bond donors (Lipinski definition) is 6. The largest absolute Gasteiger partial charge is 0.506 e. The van der Waals surface area contributed by atoms with Gasteiger partial charge in [0.25, 0.3) is 5.91 Å². The lowest BCUT2D eigenvalue weighted by molar-refractivity contribution is -0.119. The summed E-state index contributed by atoms with van der Waals surface area (Å²) in [5.41, 5.74) is 9.49. The number of alkyl carbamates (subject to hydrolysis) is 1. The normalized spacial score (nSPS) is 16.5. The number of phenols is 1. The Morgan fingerprint density at radius 3 is 2.53 bits per heavy atom. The molecule has 2 heterocycles. The van der Waals surface area contributed by atoms with Crippen LogP contribution in [0.4, 0.5) is 21.9 Å². The van der Waals surface area contributed by atoms with Crippen LogP contribution >= 0.6 is 0 Å². The summed E-state index contributed by atoms with van der Waals surface area (Å²) < 4.78 is 5.80. The van der Waals surface area contributed by atoms with E-state index in [1.54, 1.807) is 30.3 Å². The lowest BCUT2D eigenvalue weighted by Gasteiger charge is -2.32. The van der Waals surface area contributed by atoms with Crippen molar-refractivity contribution in [3.63, 3.8) is 0 Å². The third-order valence-electron chi connectivity index (χ3n) is 11.3. The summed E-state index contributed by atoms with van der Waals surface area (Å²) in [7, 11) is 0. The van der Waals surface area contributed by atoms with E-state index in [1.807, 2.05) is 48.6 Å². The number of nitrogens with zero attached hydrogens (tertiary/aromatic N) is 2. The number of nitrogens with one attached hydrogen (secondary N) is 4. The molecule has 2 aliphatic carbocycles. The fourth-order valence-electron chi connectivity index (χ4n) is 7.94. The maximum atomic E-state index is 13.2. The molecule has 12 nitrogen and oxygen atoms in total. The molecule has 3 aromatic carbocycles. The molecule has 312 valence electrons. The Labute approximate surface area is 352 Å². The zero-order chi connectivity index (χ0) is 41.8. The molecule has 3 aromatic rings. The Morgan fingerprint density at radius 1 is 0.933 bits per heavy atom. The highest BCUT2D eigenvalue weighted by atomic mass is 16.6. The van der Waals surface area contributed by atoms with Crippen LogP contribution in [-0.4, -0.2) is 66.7 Å². The standard InChI is InChI=1S/C48H55N7O5/c1-33-14-20-42-36(17-21-44(56)46(42)51-33)23-28-50-27-22-34-15-18-38(19-16-34)52-47(58)37-10-7-11-39(32-37)55(49)45(57)26-31-54-29-24-40(25-30-54)60-48(59)53-43-13-6-5-12-41(43)35-8-3-2-4-9-35/h2-3,6-8,10-11,13-21,32,40,50-51,56H,1,4-5,9,12,22-31,49H2,(H,52,58)(H,53,59). The van der Waals surface area contributed by atoms with E-state index in [4.69, 9.17) is 10.6 Å². The van der Waals surface area contributed by atoms with E-state index in [2.05, 4.69) is 57.1 Å². The summed E-state index contributed by atoms with van der Waals surface area (Å²) in [6, 6.07) is 18.1. The molecule has 1 fully saturated rings. The molecule has 1 saturated heterocycles. The van der Waals surface area contributed by atoms with Gasteiger partial charge in [0.1, 0.15) is 11.9 Å². The first-order valence-corrected chi connectivity index (χ1v) is 20.9. The quantitative estimate of drug-likeness (QED) is 0.0298. The average molecular weight is 810 g/mol. The van der Waals surface area contributed by atoms with Crippen LogP contribution in [0.3, 0.4) is 0 Å². The number of carbonyl (C=O) groups excluding carboxylic acids is 3. The summed E-state index contributed by atoms with van der Waals surface area (Å²) in [6.45, 7) is 7.42. The Morgan fingerprint density at radius 2 is 1.73 bits per heavy atom. The van der Waals surface area contributed by atoms with Gasteiger partial charge in [-0.15, -0.1) is 0 Å².